The number of benzene rings is 2. The number of hydrogen-bond acceptors (Lipinski definition) is 2. The topological polar surface area (TPSA) is 66.4 Å². The molecule has 118 valence electrons. The van der Waals surface area contributed by atoms with Crippen LogP contribution in [-0.4, -0.2) is 23.0 Å². The van der Waals surface area contributed by atoms with E-state index in [1.807, 2.05) is 61.5 Å². The van der Waals surface area contributed by atoms with Gasteiger partial charge < -0.3 is 10.4 Å². The second-order valence-electron chi connectivity index (χ2n) is 5.33. The van der Waals surface area contributed by atoms with Gasteiger partial charge >= 0.3 is 5.97 Å². The second-order valence-corrected chi connectivity index (χ2v) is 5.33. The third kappa shape index (κ3) is 5.43. The third-order valence-electron chi connectivity index (χ3n) is 3.40. The molecule has 0 fully saturated rings. The lowest BCUT2D eigenvalue weighted by atomic mass is 10.1. The molecule has 2 aromatic carbocycles. The van der Waals surface area contributed by atoms with Crippen LogP contribution in [0.25, 0.3) is 6.08 Å². The highest BCUT2D eigenvalue weighted by atomic mass is 16.4. The summed E-state index contributed by atoms with van der Waals surface area (Å²) in [6, 6.07) is 16.0. The minimum atomic E-state index is -1.05. The van der Waals surface area contributed by atoms with E-state index < -0.39 is 17.9 Å². The molecule has 0 aromatic heterocycles. The summed E-state index contributed by atoms with van der Waals surface area (Å²) in [6.07, 6.45) is 3.27. The van der Waals surface area contributed by atoms with Gasteiger partial charge in [-0.15, -0.1) is 0 Å². The summed E-state index contributed by atoms with van der Waals surface area (Å²) in [6.45, 7) is 1.99. The number of carbonyl (C=O) groups excluding carboxylic acids is 1. The summed E-state index contributed by atoms with van der Waals surface area (Å²) < 4.78 is 0. The van der Waals surface area contributed by atoms with Crippen LogP contribution in [0.15, 0.2) is 60.7 Å². The van der Waals surface area contributed by atoms with Gasteiger partial charge in [-0.3, -0.25) is 4.79 Å². The van der Waals surface area contributed by atoms with E-state index >= 15 is 0 Å². The molecule has 0 aliphatic rings. The molecule has 0 aliphatic heterocycles. The van der Waals surface area contributed by atoms with E-state index in [0.717, 1.165) is 16.7 Å². The predicted molar refractivity (Wildman–Crippen MR) is 89.9 cm³/mol. The van der Waals surface area contributed by atoms with Crippen LogP contribution in [-0.2, 0) is 16.0 Å². The summed E-state index contributed by atoms with van der Waals surface area (Å²) >= 11 is 0. The molecule has 0 bridgehead atoms. The van der Waals surface area contributed by atoms with Gasteiger partial charge in [-0.1, -0.05) is 60.2 Å². The smallest absolute Gasteiger partial charge is 0.326 e. The van der Waals surface area contributed by atoms with E-state index in [9.17, 15) is 14.7 Å². The fourth-order valence-electron chi connectivity index (χ4n) is 2.12. The fourth-order valence-corrected chi connectivity index (χ4v) is 2.12. The molecular weight excluding hydrogens is 290 g/mol. The van der Waals surface area contributed by atoms with Crippen molar-refractivity contribution in [3.8, 4) is 0 Å². The molecule has 2 rings (SSSR count). The fraction of sp³-hybridized carbons (Fsp3) is 0.158. The van der Waals surface area contributed by atoms with Crippen molar-refractivity contribution in [3.05, 3.63) is 77.4 Å². The van der Waals surface area contributed by atoms with Crippen LogP contribution in [0.5, 0.6) is 0 Å². The zero-order valence-electron chi connectivity index (χ0n) is 12.9. The van der Waals surface area contributed by atoms with Crippen molar-refractivity contribution in [2.75, 3.05) is 0 Å². The normalized spacial score (nSPS) is 12.0. The standard InChI is InChI=1S/C19H19NO3/c1-14-7-9-15(10-8-14)11-12-18(21)20-17(19(22)23)13-16-5-3-2-4-6-16/h2-12,17H,13H2,1H3,(H,20,21)(H,22,23)/b12-11+. The Hall–Kier alpha value is -2.88. The summed E-state index contributed by atoms with van der Waals surface area (Å²) in [4.78, 5) is 23.2. The Kier molecular flexibility index (Phi) is 5.69. The Bertz CT molecular complexity index is 690. The quantitative estimate of drug-likeness (QED) is 0.806. The minimum Gasteiger partial charge on any atom is -0.480 e. The molecule has 23 heavy (non-hydrogen) atoms. The first-order valence-electron chi connectivity index (χ1n) is 7.36. The number of aliphatic carboxylic acids is 1. The Labute approximate surface area is 135 Å². The maximum absolute atomic E-state index is 11.9. The number of hydrogen-bond donors (Lipinski definition) is 2. The maximum Gasteiger partial charge on any atom is 0.326 e. The SMILES string of the molecule is Cc1ccc(/C=C/C(=O)NC(Cc2ccccc2)C(=O)O)cc1. The van der Waals surface area contributed by atoms with Gasteiger partial charge in [-0.05, 0) is 24.1 Å². The molecule has 0 radical (unpaired) electrons. The Morgan fingerprint density at radius 3 is 2.35 bits per heavy atom. The van der Waals surface area contributed by atoms with Crippen molar-refractivity contribution in [2.45, 2.75) is 19.4 Å². The molecule has 0 saturated heterocycles. The predicted octanol–water partition coefficient (Wildman–Crippen LogP) is 2.82. The average Bonchev–Trinajstić information content (AvgIpc) is 2.54. The number of nitrogens with one attached hydrogen (secondary N) is 1. The zero-order chi connectivity index (χ0) is 16.7. The molecule has 1 amide bonds. The van der Waals surface area contributed by atoms with Crippen molar-refractivity contribution in [1.29, 1.82) is 0 Å². The number of carbonyl (C=O) groups is 2. The van der Waals surface area contributed by atoms with Gasteiger partial charge in [0.15, 0.2) is 0 Å². The van der Waals surface area contributed by atoms with Crippen LogP contribution in [0.4, 0.5) is 0 Å². The summed E-state index contributed by atoms with van der Waals surface area (Å²) in [5.41, 5.74) is 2.89. The van der Waals surface area contributed by atoms with E-state index in [0.29, 0.717) is 0 Å². The lowest BCUT2D eigenvalue weighted by Gasteiger charge is -2.13. The average molecular weight is 309 g/mol. The van der Waals surface area contributed by atoms with Crippen LogP contribution in [0, 0.1) is 6.92 Å². The lowest BCUT2D eigenvalue weighted by molar-refractivity contribution is -0.141. The number of carboxylic acid groups (broad SMARTS) is 1. The third-order valence-corrected chi connectivity index (χ3v) is 3.40. The molecule has 0 aliphatic carbocycles. The molecule has 2 N–H and O–H groups in total. The number of amides is 1. The first-order valence-corrected chi connectivity index (χ1v) is 7.36. The van der Waals surface area contributed by atoms with Crippen molar-refractivity contribution < 1.29 is 14.7 Å². The van der Waals surface area contributed by atoms with E-state index in [4.69, 9.17) is 0 Å². The van der Waals surface area contributed by atoms with Gasteiger partial charge in [0.1, 0.15) is 6.04 Å². The van der Waals surface area contributed by atoms with Crippen molar-refractivity contribution >= 4 is 18.0 Å². The zero-order valence-corrected chi connectivity index (χ0v) is 12.9. The van der Waals surface area contributed by atoms with Crippen LogP contribution < -0.4 is 5.32 Å². The summed E-state index contributed by atoms with van der Waals surface area (Å²) in [5, 5.41) is 11.8. The summed E-state index contributed by atoms with van der Waals surface area (Å²) in [5.74, 6) is -1.47. The molecular formula is C19H19NO3. The minimum absolute atomic E-state index is 0.250. The molecule has 4 heteroatoms. The van der Waals surface area contributed by atoms with Gasteiger partial charge in [0.25, 0.3) is 0 Å². The molecule has 2 aromatic rings. The Morgan fingerprint density at radius 2 is 1.74 bits per heavy atom. The highest BCUT2D eigenvalue weighted by Gasteiger charge is 2.19. The Balaban J connectivity index is 1.98. The van der Waals surface area contributed by atoms with Crippen molar-refractivity contribution in [2.24, 2.45) is 0 Å². The first-order chi connectivity index (χ1) is 11.0. The van der Waals surface area contributed by atoms with Gasteiger partial charge in [-0.2, -0.15) is 0 Å². The highest BCUT2D eigenvalue weighted by Crippen LogP contribution is 2.06. The van der Waals surface area contributed by atoms with Crippen LogP contribution in [0.2, 0.25) is 0 Å². The van der Waals surface area contributed by atoms with Crippen molar-refractivity contribution in [1.82, 2.24) is 5.32 Å². The van der Waals surface area contributed by atoms with E-state index in [1.165, 1.54) is 6.08 Å². The number of carboxylic acids is 1. The molecule has 0 spiro atoms. The number of rotatable bonds is 6. The first kappa shape index (κ1) is 16.5. The highest BCUT2D eigenvalue weighted by molar-refractivity contribution is 5.94. The van der Waals surface area contributed by atoms with Gasteiger partial charge in [0, 0.05) is 12.5 Å². The Morgan fingerprint density at radius 1 is 1.09 bits per heavy atom. The monoisotopic (exact) mass is 309 g/mol. The maximum atomic E-state index is 11.9. The van der Waals surface area contributed by atoms with Gasteiger partial charge in [-0.25, -0.2) is 4.79 Å². The van der Waals surface area contributed by atoms with Crippen molar-refractivity contribution in [3.63, 3.8) is 0 Å². The van der Waals surface area contributed by atoms with Crippen LogP contribution >= 0.6 is 0 Å². The van der Waals surface area contributed by atoms with E-state index in [-0.39, 0.29) is 6.42 Å². The van der Waals surface area contributed by atoms with E-state index in [2.05, 4.69) is 5.32 Å². The molecule has 1 unspecified atom stereocenters. The van der Waals surface area contributed by atoms with Crippen LogP contribution in [0.1, 0.15) is 16.7 Å². The van der Waals surface area contributed by atoms with Gasteiger partial charge in [0.2, 0.25) is 5.91 Å². The van der Waals surface area contributed by atoms with E-state index in [1.54, 1.807) is 6.08 Å². The number of aryl methyl sites for hydroxylation is 1. The largest absolute Gasteiger partial charge is 0.480 e. The molecule has 0 saturated carbocycles. The molecule has 4 nitrogen and oxygen atoms in total. The van der Waals surface area contributed by atoms with Crippen LogP contribution in [0.3, 0.4) is 0 Å². The molecule has 1 atom stereocenters. The molecule has 0 heterocycles. The van der Waals surface area contributed by atoms with Gasteiger partial charge in [0.05, 0.1) is 0 Å². The summed E-state index contributed by atoms with van der Waals surface area (Å²) in [7, 11) is 0. The second kappa shape index (κ2) is 7.94. The lowest BCUT2D eigenvalue weighted by Crippen LogP contribution is -2.41.